The van der Waals surface area contributed by atoms with E-state index in [2.05, 4.69) is 10.4 Å². The Hall–Kier alpha value is -1.11. The normalized spacial score (nSPS) is 30.3. The molecule has 0 bridgehead atoms. The summed E-state index contributed by atoms with van der Waals surface area (Å²) >= 11 is 0. The highest BCUT2D eigenvalue weighted by Crippen LogP contribution is 2.29. The van der Waals surface area contributed by atoms with Crippen LogP contribution in [0.5, 0.6) is 0 Å². The number of aromatic nitrogens is 2. The third-order valence-corrected chi connectivity index (χ3v) is 5.47. The SMILES string of the molecule is Cl.O=C(c1ccn(C2CCCNC2)n1)N1CCOC2CCCCC21. The topological polar surface area (TPSA) is 59.4 Å². The van der Waals surface area contributed by atoms with Crippen LogP contribution in [0.2, 0.25) is 0 Å². The standard InChI is InChI=1S/C17H26N4O2.ClH/c22-17(20-10-11-23-16-6-2-1-5-15(16)20)14-7-9-21(19-14)13-4-3-8-18-12-13;/h7,9,13,15-16,18H,1-6,8,10-12H2;1H. The van der Waals surface area contributed by atoms with E-state index in [9.17, 15) is 4.79 Å². The Morgan fingerprint density at radius 3 is 2.96 bits per heavy atom. The van der Waals surface area contributed by atoms with Crippen LogP contribution in [0.25, 0.3) is 0 Å². The quantitative estimate of drug-likeness (QED) is 0.882. The number of amides is 1. The maximum Gasteiger partial charge on any atom is 0.274 e. The molecule has 134 valence electrons. The molecular formula is C17H27ClN4O2. The molecule has 0 aromatic carbocycles. The molecule has 2 saturated heterocycles. The molecule has 1 aromatic heterocycles. The lowest BCUT2D eigenvalue weighted by Crippen LogP contribution is -2.54. The van der Waals surface area contributed by atoms with Gasteiger partial charge in [-0.15, -0.1) is 12.4 Å². The van der Waals surface area contributed by atoms with Crippen molar-refractivity contribution in [2.24, 2.45) is 0 Å². The Morgan fingerprint density at radius 1 is 1.25 bits per heavy atom. The largest absolute Gasteiger partial charge is 0.374 e. The average molecular weight is 355 g/mol. The van der Waals surface area contributed by atoms with Crippen LogP contribution in [0.4, 0.5) is 0 Å². The fourth-order valence-electron chi connectivity index (χ4n) is 4.21. The van der Waals surface area contributed by atoms with Crippen molar-refractivity contribution in [3.05, 3.63) is 18.0 Å². The summed E-state index contributed by atoms with van der Waals surface area (Å²) in [5.74, 6) is 0.0766. The van der Waals surface area contributed by atoms with Crippen LogP contribution in [-0.2, 0) is 4.74 Å². The predicted molar refractivity (Wildman–Crippen MR) is 93.6 cm³/mol. The monoisotopic (exact) mass is 354 g/mol. The van der Waals surface area contributed by atoms with Crippen molar-refractivity contribution in [1.82, 2.24) is 20.0 Å². The van der Waals surface area contributed by atoms with Crippen molar-refractivity contribution in [1.29, 1.82) is 0 Å². The van der Waals surface area contributed by atoms with Crippen molar-refractivity contribution < 1.29 is 9.53 Å². The first-order valence-electron chi connectivity index (χ1n) is 9.01. The van der Waals surface area contributed by atoms with Gasteiger partial charge in [-0.25, -0.2) is 0 Å². The van der Waals surface area contributed by atoms with Crippen LogP contribution in [-0.4, -0.2) is 59.0 Å². The smallest absolute Gasteiger partial charge is 0.274 e. The Kier molecular flexibility index (Phi) is 5.79. The summed E-state index contributed by atoms with van der Waals surface area (Å²) in [6.07, 6.45) is 9.03. The lowest BCUT2D eigenvalue weighted by Gasteiger charge is -2.43. The van der Waals surface area contributed by atoms with Gasteiger partial charge in [0.15, 0.2) is 0 Å². The van der Waals surface area contributed by atoms with Crippen LogP contribution in [0, 0.1) is 0 Å². The number of carbonyl (C=O) groups is 1. The van der Waals surface area contributed by atoms with E-state index in [1.807, 2.05) is 21.8 Å². The number of hydrogen-bond acceptors (Lipinski definition) is 4. The van der Waals surface area contributed by atoms with Gasteiger partial charge in [0, 0.05) is 19.3 Å². The fraction of sp³-hybridized carbons (Fsp3) is 0.765. The van der Waals surface area contributed by atoms with E-state index in [-0.39, 0.29) is 30.5 Å². The summed E-state index contributed by atoms with van der Waals surface area (Å²) in [6, 6.07) is 2.49. The zero-order valence-electron chi connectivity index (χ0n) is 14.0. The van der Waals surface area contributed by atoms with Crippen molar-refractivity contribution in [2.45, 2.75) is 56.7 Å². The van der Waals surface area contributed by atoms with Crippen molar-refractivity contribution in [3.63, 3.8) is 0 Å². The summed E-state index contributed by atoms with van der Waals surface area (Å²) in [6.45, 7) is 3.37. The number of nitrogens with zero attached hydrogens (tertiary/aromatic N) is 3. The van der Waals surface area contributed by atoms with Gasteiger partial charge in [0.1, 0.15) is 5.69 Å². The highest BCUT2D eigenvalue weighted by Gasteiger charge is 2.37. The van der Waals surface area contributed by atoms with E-state index >= 15 is 0 Å². The number of ether oxygens (including phenoxy) is 1. The van der Waals surface area contributed by atoms with E-state index < -0.39 is 0 Å². The predicted octanol–water partition coefficient (Wildman–Crippen LogP) is 2.01. The highest BCUT2D eigenvalue weighted by atomic mass is 35.5. The minimum absolute atomic E-state index is 0. The van der Waals surface area contributed by atoms with Crippen LogP contribution < -0.4 is 5.32 Å². The molecule has 3 atom stereocenters. The number of carbonyl (C=O) groups excluding carboxylic acids is 1. The molecule has 1 saturated carbocycles. The summed E-state index contributed by atoms with van der Waals surface area (Å²) in [5, 5.41) is 7.99. The van der Waals surface area contributed by atoms with Crippen molar-refractivity contribution in [3.8, 4) is 0 Å². The molecule has 3 unspecified atom stereocenters. The molecule has 0 radical (unpaired) electrons. The van der Waals surface area contributed by atoms with Gasteiger partial charge in [-0.3, -0.25) is 9.48 Å². The minimum Gasteiger partial charge on any atom is -0.374 e. The molecule has 4 rings (SSSR count). The zero-order valence-corrected chi connectivity index (χ0v) is 14.8. The summed E-state index contributed by atoms with van der Waals surface area (Å²) in [4.78, 5) is 14.9. The molecule has 24 heavy (non-hydrogen) atoms. The minimum atomic E-state index is 0. The lowest BCUT2D eigenvalue weighted by atomic mass is 9.90. The second-order valence-electron chi connectivity index (χ2n) is 6.94. The van der Waals surface area contributed by atoms with E-state index in [0.29, 0.717) is 24.9 Å². The summed E-state index contributed by atoms with van der Waals surface area (Å²) in [7, 11) is 0. The van der Waals surface area contributed by atoms with Crippen molar-refractivity contribution >= 4 is 18.3 Å². The van der Waals surface area contributed by atoms with E-state index in [0.717, 1.165) is 32.4 Å². The number of nitrogens with one attached hydrogen (secondary N) is 1. The van der Waals surface area contributed by atoms with Gasteiger partial charge in [0.25, 0.3) is 5.91 Å². The second kappa shape index (κ2) is 7.85. The Labute approximate surface area is 149 Å². The van der Waals surface area contributed by atoms with Crippen molar-refractivity contribution in [2.75, 3.05) is 26.2 Å². The number of hydrogen-bond donors (Lipinski definition) is 1. The first kappa shape index (κ1) is 17.7. The maximum atomic E-state index is 12.9. The third kappa shape index (κ3) is 3.46. The van der Waals surface area contributed by atoms with Gasteiger partial charge < -0.3 is 15.0 Å². The lowest BCUT2D eigenvalue weighted by molar-refractivity contribution is -0.0754. The molecule has 0 spiro atoms. The van der Waals surface area contributed by atoms with Gasteiger partial charge in [-0.1, -0.05) is 12.8 Å². The molecule has 3 aliphatic rings. The Morgan fingerprint density at radius 2 is 2.12 bits per heavy atom. The highest BCUT2D eigenvalue weighted by molar-refractivity contribution is 5.92. The molecule has 1 N–H and O–H groups in total. The third-order valence-electron chi connectivity index (χ3n) is 5.47. The van der Waals surface area contributed by atoms with E-state index in [4.69, 9.17) is 4.74 Å². The number of rotatable bonds is 2. The number of piperidine rings is 1. The average Bonchev–Trinajstić information content (AvgIpc) is 3.11. The number of halogens is 1. The van der Waals surface area contributed by atoms with Crippen LogP contribution in [0.3, 0.4) is 0 Å². The molecule has 2 aliphatic heterocycles. The fourth-order valence-corrected chi connectivity index (χ4v) is 4.21. The maximum absolute atomic E-state index is 12.9. The molecule has 3 fully saturated rings. The Bertz CT molecular complexity index is 557. The van der Waals surface area contributed by atoms with Gasteiger partial charge >= 0.3 is 0 Å². The molecule has 7 heteroatoms. The first-order chi connectivity index (χ1) is 11.3. The van der Waals surface area contributed by atoms with Gasteiger partial charge in [-0.05, 0) is 38.3 Å². The number of morpholine rings is 1. The second-order valence-corrected chi connectivity index (χ2v) is 6.94. The van der Waals surface area contributed by atoms with E-state index in [1.54, 1.807) is 0 Å². The molecule has 3 heterocycles. The van der Waals surface area contributed by atoms with Crippen LogP contribution >= 0.6 is 12.4 Å². The zero-order chi connectivity index (χ0) is 15.6. The first-order valence-corrected chi connectivity index (χ1v) is 9.01. The molecule has 1 aliphatic carbocycles. The van der Waals surface area contributed by atoms with Gasteiger partial charge in [0.05, 0.1) is 24.8 Å². The Balaban J connectivity index is 0.00000169. The summed E-state index contributed by atoms with van der Waals surface area (Å²) in [5.41, 5.74) is 0.585. The van der Waals surface area contributed by atoms with Crippen LogP contribution in [0.15, 0.2) is 12.3 Å². The van der Waals surface area contributed by atoms with E-state index in [1.165, 1.54) is 19.3 Å². The molecule has 1 aromatic rings. The number of fused-ring (bicyclic) bond motifs is 1. The molecule has 6 nitrogen and oxygen atoms in total. The van der Waals surface area contributed by atoms with Crippen LogP contribution in [0.1, 0.15) is 55.1 Å². The molecule has 1 amide bonds. The molecular weight excluding hydrogens is 328 g/mol. The van der Waals surface area contributed by atoms with Gasteiger partial charge in [0.2, 0.25) is 0 Å². The summed E-state index contributed by atoms with van der Waals surface area (Å²) < 4.78 is 7.84. The van der Waals surface area contributed by atoms with Gasteiger partial charge in [-0.2, -0.15) is 5.10 Å².